The normalized spacial score (nSPS) is 38.1. The zero-order valence-electron chi connectivity index (χ0n) is 17.7. The molecule has 7 atom stereocenters. The van der Waals surface area contributed by atoms with E-state index in [1.807, 2.05) is 32.6 Å². The van der Waals surface area contributed by atoms with E-state index >= 15 is 0 Å². The molecule has 0 bridgehead atoms. The summed E-state index contributed by atoms with van der Waals surface area (Å²) in [7, 11) is -3.29. The van der Waals surface area contributed by atoms with Crippen molar-refractivity contribution >= 4 is 15.9 Å². The van der Waals surface area contributed by atoms with Gasteiger partial charge >= 0.3 is 0 Å². The predicted octanol–water partition coefficient (Wildman–Crippen LogP) is 2.23. The molecule has 158 valence electrons. The number of rotatable bonds is 6. The molecule has 7 heteroatoms. The van der Waals surface area contributed by atoms with Gasteiger partial charge in [0.2, 0.25) is 15.9 Å². The van der Waals surface area contributed by atoms with Gasteiger partial charge in [0.1, 0.15) is 0 Å². The second-order valence-corrected chi connectivity index (χ2v) is 10.8. The third-order valence-electron chi connectivity index (χ3n) is 7.36. The third-order valence-corrected chi connectivity index (χ3v) is 8.09. The first kappa shape index (κ1) is 22.6. The summed E-state index contributed by atoms with van der Waals surface area (Å²) in [5, 5.41) is 11.3. The van der Waals surface area contributed by atoms with Gasteiger partial charge in [0.25, 0.3) is 0 Å². The van der Waals surface area contributed by atoms with Crippen LogP contribution >= 0.6 is 0 Å². The van der Waals surface area contributed by atoms with Crippen LogP contribution in [0.2, 0.25) is 0 Å². The summed E-state index contributed by atoms with van der Waals surface area (Å²) in [5.41, 5.74) is 0.00296. The maximum Gasteiger partial charge on any atom is 0.225 e. The lowest BCUT2D eigenvalue weighted by atomic mass is 9.52. The van der Waals surface area contributed by atoms with Crippen LogP contribution in [-0.4, -0.2) is 55.8 Å². The van der Waals surface area contributed by atoms with E-state index in [0.29, 0.717) is 13.1 Å². The minimum atomic E-state index is -3.29. The van der Waals surface area contributed by atoms with Crippen LogP contribution in [-0.2, 0) is 14.8 Å². The molecule has 2 aliphatic rings. The molecule has 0 aliphatic heterocycles. The van der Waals surface area contributed by atoms with Gasteiger partial charge in [-0.2, -0.15) is 0 Å². The summed E-state index contributed by atoms with van der Waals surface area (Å²) in [5.74, 6) is -0.152. The van der Waals surface area contributed by atoms with Crippen molar-refractivity contribution in [1.82, 2.24) is 9.62 Å². The largest absolute Gasteiger partial charge is 0.392 e. The molecular weight excluding hydrogens is 364 g/mol. The van der Waals surface area contributed by atoms with Crippen molar-refractivity contribution in [1.29, 1.82) is 0 Å². The molecule has 0 saturated heterocycles. The van der Waals surface area contributed by atoms with Crippen LogP contribution in [0, 0.1) is 29.1 Å². The van der Waals surface area contributed by atoms with Crippen LogP contribution in [0.3, 0.4) is 0 Å². The molecule has 6 nitrogen and oxygen atoms in total. The van der Waals surface area contributed by atoms with E-state index < -0.39 is 16.1 Å². The number of nitrogens with one attached hydrogen (secondary N) is 1. The van der Waals surface area contributed by atoms with Gasteiger partial charge in [-0.15, -0.1) is 0 Å². The quantitative estimate of drug-likeness (QED) is 0.713. The Labute approximate surface area is 165 Å². The first-order valence-corrected chi connectivity index (χ1v) is 12.3. The molecule has 0 aromatic carbocycles. The molecule has 0 aromatic heterocycles. The van der Waals surface area contributed by atoms with E-state index in [0.717, 1.165) is 25.7 Å². The number of aliphatic hydroxyl groups excluding tert-OH is 1. The van der Waals surface area contributed by atoms with Crippen molar-refractivity contribution in [2.75, 3.05) is 19.3 Å². The zero-order chi connectivity index (χ0) is 20.6. The van der Waals surface area contributed by atoms with Gasteiger partial charge < -0.3 is 10.0 Å². The van der Waals surface area contributed by atoms with Crippen LogP contribution in [0.4, 0.5) is 0 Å². The third kappa shape index (κ3) is 4.67. The molecule has 1 amide bonds. The van der Waals surface area contributed by atoms with E-state index in [1.54, 1.807) is 0 Å². The highest BCUT2D eigenvalue weighted by Crippen LogP contribution is 2.55. The van der Waals surface area contributed by atoms with Crippen LogP contribution in [0.1, 0.15) is 60.3 Å². The van der Waals surface area contributed by atoms with E-state index in [9.17, 15) is 18.3 Å². The van der Waals surface area contributed by atoms with Gasteiger partial charge in [0.15, 0.2) is 0 Å². The van der Waals surface area contributed by atoms with E-state index in [4.69, 9.17) is 0 Å². The van der Waals surface area contributed by atoms with E-state index in [-0.39, 0.29) is 41.0 Å². The van der Waals surface area contributed by atoms with Crippen molar-refractivity contribution in [2.45, 2.75) is 72.4 Å². The van der Waals surface area contributed by atoms with Gasteiger partial charge in [-0.25, -0.2) is 13.1 Å². The number of nitrogens with zero attached hydrogens (tertiary/aromatic N) is 1. The Kier molecular flexibility index (Phi) is 7.02. The smallest absolute Gasteiger partial charge is 0.225 e. The molecule has 1 unspecified atom stereocenters. The fraction of sp³-hybridized carbons (Fsp3) is 0.950. The van der Waals surface area contributed by atoms with Crippen molar-refractivity contribution < 1.29 is 18.3 Å². The summed E-state index contributed by atoms with van der Waals surface area (Å²) in [6.07, 6.45) is 4.13. The van der Waals surface area contributed by atoms with E-state index in [2.05, 4.69) is 11.6 Å². The van der Waals surface area contributed by atoms with Crippen molar-refractivity contribution in [2.24, 2.45) is 29.1 Å². The molecule has 2 fully saturated rings. The number of hydrogen-bond donors (Lipinski definition) is 2. The maximum atomic E-state index is 12.8. The number of carbonyl (C=O) groups is 1. The zero-order valence-corrected chi connectivity index (χ0v) is 18.6. The minimum Gasteiger partial charge on any atom is -0.392 e. The topological polar surface area (TPSA) is 86.7 Å². The monoisotopic (exact) mass is 402 g/mol. The highest BCUT2D eigenvalue weighted by atomic mass is 32.2. The second kappa shape index (κ2) is 8.37. The molecule has 2 N–H and O–H groups in total. The molecule has 2 aliphatic carbocycles. The number of carbonyl (C=O) groups excluding carboxylic acids is 1. The summed E-state index contributed by atoms with van der Waals surface area (Å²) in [6, 6.07) is -0.153. The summed E-state index contributed by atoms with van der Waals surface area (Å²) in [4.78, 5) is 14.7. The van der Waals surface area contributed by atoms with Crippen LogP contribution < -0.4 is 4.72 Å². The molecular formula is C20H38N2O4S. The Morgan fingerprint density at radius 1 is 1.26 bits per heavy atom. The predicted molar refractivity (Wildman–Crippen MR) is 108 cm³/mol. The average Bonchev–Trinajstić information content (AvgIpc) is 2.57. The number of fused-ring (bicyclic) bond motifs is 1. The Morgan fingerprint density at radius 2 is 1.81 bits per heavy atom. The first-order chi connectivity index (χ1) is 12.4. The summed E-state index contributed by atoms with van der Waals surface area (Å²) >= 11 is 0. The number of hydrogen-bond acceptors (Lipinski definition) is 4. The SMILES string of the molecule is CCN(CC)C(=O)[C@@H](C)C1CC[C@@]2(C)CC[C@H](NS(C)(=O)=O)[C@@H](C)[C@@H]2[C@H]1O. The fourth-order valence-corrected chi connectivity index (χ4v) is 6.62. The van der Waals surface area contributed by atoms with Crippen LogP contribution in [0.15, 0.2) is 0 Å². The van der Waals surface area contributed by atoms with Gasteiger partial charge in [0, 0.05) is 25.0 Å². The maximum absolute atomic E-state index is 12.8. The minimum absolute atomic E-state index is 0.00296. The summed E-state index contributed by atoms with van der Waals surface area (Å²) < 4.78 is 26.3. The van der Waals surface area contributed by atoms with Gasteiger partial charge in [-0.1, -0.05) is 20.8 Å². The molecule has 0 radical (unpaired) electrons. The molecule has 0 heterocycles. The Hall–Kier alpha value is -0.660. The highest BCUT2D eigenvalue weighted by Gasteiger charge is 2.54. The lowest BCUT2D eigenvalue weighted by Crippen LogP contribution is -2.58. The molecule has 0 aromatic rings. The Morgan fingerprint density at radius 3 is 2.33 bits per heavy atom. The highest BCUT2D eigenvalue weighted by molar-refractivity contribution is 7.88. The molecule has 0 spiro atoms. The van der Waals surface area contributed by atoms with Gasteiger partial charge in [0.05, 0.1) is 12.4 Å². The standard InChI is InChI=1S/C20H38N2O4S/c1-7-22(8-2)19(24)13(3)15-9-11-20(5)12-10-16(21-27(6,25)26)14(4)17(20)18(15)23/h13-18,21,23H,7-12H2,1-6H3/t13-,14+,15?,16-,17+,18-,20-/m0/s1. The van der Waals surface area contributed by atoms with Gasteiger partial charge in [-0.05, 0) is 62.7 Å². The number of amides is 1. The van der Waals surface area contributed by atoms with Crippen LogP contribution in [0.25, 0.3) is 0 Å². The first-order valence-electron chi connectivity index (χ1n) is 10.4. The average molecular weight is 403 g/mol. The van der Waals surface area contributed by atoms with E-state index in [1.165, 1.54) is 6.26 Å². The molecule has 2 saturated carbocycles. The number of aliphatic hydroxyl groups is 1. The van der Waals surface area contributed by atoms with Gasteiger partial charge in [-0.3, -0.25) is 4.79 Å². The fourth-order valence-electron chi connectivity index (χ4n) is 5.74. The van der Waals surface area contributed by atoms with Crippen molar-refractivity contribution in [3.8, 4) is 0 Å². The Balaban J connectivity index is 2.22. The molecule has 2 rings (SSSR count). The second-order valence-electron chi connectivity index (χ2n) is 9.07. The lowest BCUT2D eigenvalue weighted by Gasteiger charge is -2.56. The Bertz CT molecular complexity index is 634. The summed E-state index contributed by atoms with van der Waals surface area (Å²) in [6.45, 7) is 11.5. The van der Waals surface area contributed by atoms with Crippen molar-refractivity contribution in [3.63, 3.8) is 0 Å². The van der Waals surface area contributed by atoms with Crippen molar-refractivity contribution in [3.05, 3.63) is 0 Å². The molecule has 27 heavy (non-hydrogen) atoms. The lowest BCUT2D eigenvalue weighted by molar-refractivity contribution is -0.149. The van der Waals surface area contributed by atoms with Crippen LogP contribution in [0.5, 0.6) is 0 Å². The number of sulfonamides is 1.